The predicted molar refractivity (Wildman–Crippen MR) is 100 cm³/mol. The molecule has 0 spiro atoms. The van der Waals surface area contributed by atoms with Crippen molar-refractivity contribution in [2.45, 2.75) is 51.9 Å². The van der Waals surface area contributed by atoms with E-state index in [0.717, 1.165) is 44.9 Å². The second kappa shape index (κ2) is 10.6. The molecule has 0 N–H and O–H groups in total. The minimum Gasteiger partial charge on any atom is -0.426 e. The first-order chi connectivity index (χ1) is 12.6. The Balaban J connectivity index is 1.78. The highest BCUT2D eigenvalue weighted by molar-refractivity contribution is 5.75. The van der Waals surface area contributed by atoms with E-state index in [4.69, 9.17) is 10.00 Å². The van der Waals surface area contributed by atoms with Crippen molar-refractivity contribution in [3.05, 3.63) is 53.9 Å². The van der Waals surface area contributed by atoms with E-state index in [-0.39, 0.29) is 11.9 Å². The van der Waals surface area contributed by atoms with E-state index in [1.807, 2.05) is 30.3 Å². The fourth-order valence-electron chi connectivity index (χ4n) is 3.19. The highest BCUT2D eigenvalue weighted by atomic mass is 19.1. The first-order valence-corrected chi connectivity index (χ1v) is 9.37. The van der Waals surface area contributed by atoms with Gasteiger partial charge in [-0.2, -0.15) is 9.65 Å². The van der Waals surface area contributed by atoms with Crippen molar-refractivity contribution in [1.82, 2.24) is 0 Å². The molecule has 0 aromatic heterocycles. The molecule has 0 unspecified atom stereocenters. The fourth-order valence-corrected chi connectivity index (χ4v) is 3.19. The highest BCUT2D eigenvalue weighted by Crippen LogP contribution is 2.31. The average Bonchev–Trinajstić information content (AvgIpc) is 2.67. The molecular weight excluding hydrogens is 329 g/mol. The molecular formula is C22H26FNO2. The Labute approximate surface area is 155 Å². The summed E-state index contributed by atoms with van der Waals surface area (Å²) in [5.74, 6) is -0.108. The van der Waals surface area contributed by atoms with Crippen LogP contribution in [-0.4, -0.2) is 5.97 Å². The van der Waals surface area contributed by atoms with Crippen LogP contribution in [0.5, 0.6) is 5.75 Å². The van der Waals surface area contributed by atoms with Crippen LogP contribution in [0.25, 0.3) is 0 Å². The zero-order chi connectivity index (χ0) is 18.8. The average molecular weight is 355 g/mol. The number of hydrogen-bond acceptors (Lipinski definition) is 3. The molecule has 4 heteroatoms. The topological polar surface area (TPSA) is 50.1 Å². The summed E-state index contributed by atoms with van der Waals surface area (Å²) in [5, 5.41) is 8.36. The van der Waals surface area contributed by atoms with Crippen molar-refractivity contribution in [3.8, 4) is 11.8 Å². The number of hydrogen-bond donors (Lipinski definition) is 0. The molecule has 1 aromatic rings. The van der Waals surface area contributed by atoms with E-state index in [1.165, 1.54) is 17.7 Å². The van der Waals surface area contributed by atoms with Crippen molar-refractivity contribution >= 4 is 5.97 Å². The van der Waals surface area contributed by atoms with Crippen LogP contribution < -0.4 is 4.74 Å². The van der Waals surface area contributed by atoms with Crippen molar-refractivity contribution < 1.29 is 13.9 Å². The monoisotopic (exact) mass is 355 g/mol. The number of nitrogens with zero attached hydrogens (tertiary/aromatic N) is 1. The predicted octanol–water partition coefficient (Wildman–Crippen LogP) is 5.67. The molecule has 138 valence electrons. The number of carbonyl (C=O) groups excluding carboxylic acids is 1. The van der Waals surface area contributed by atoms with Gasteiger partial charge < -0.3 is 4.74 Å². The Morgan fingerprint density at radius 1 is 1.27 bits per heavy atom. The third-order valence-corrected chi connectivity index (χ3v) is 4.80. The van der Waals surface area contributed by atoms with Gasteiger partial charge in [-0.3, -0.25) is 4.79 Å². The van der Waals surface area contributed by atoms with Crippen molar-refractivity contribution in [2.24, 2.45) is 11.8 Å². The van der Waals surface area contributed by atoms with Gasteiger partial charge in [0, 0.05) is 0 Å². The lowest BCUT2D eigenvalue weighted by Gasteiger charge is -2.25. The first kappa shape index (κ1) is 19.9. The molecule has 1 saturated carbocycles. The molecule has 0 atom stereocenters. The number of rotatable bonds is 7. The summed E-state index contributed by atoms with van der Waals surface area (Å²) in [4.78, 5) is 12.3. The lowest BCUT2D eigenvalue weighted by atomic mass is 9.82. The molecule has 0 heterocycles. The summed E-state index contributed by atoms with van der Waals surface area (Å²) < 4.78 is 18.3. The standard InChI is InChI=1S/C22H26FNO2/c1-2-3-5-17-10-14-21(15-11-17)26-22(25)19-12-8-18(9-13-19)6-4-7-20(23)16-24/h4,6-7,10-11,14-15,18-19H,2-3,5,8-9,12-13H2,1H3/t18-,19-. The summed E-state index contributed by atoms with van der Waals surface area (Å²) in [7, 11) is 0. The number of ether oxygens (including phenoxy) is 1. The summed E-state index contributed by atoms with van der Waals surface area (Å²) in [6.45, 7) is 2.17. The quantitative estimate of drug-likeness (QED) is 0.274. The van der Waals surface area contributed by atoms with Gasteiger partial charge in [-0.15, -0.1) is 0 Å². The second-order valence-electron chi connectivity index (χ2n) is 6.79. The van der Waals surface area contributed by atoms with Crippen molar-refractivity contribution in [1.29, 1.82) is 5.26 Å². The van der Waals surface area contributed by atoms with Crippen LogP contribution in [0.4, 0.5) is 4.39 Å². The van der Waals surface area contributed by atoms with Gasteiger partial charge in [0.15, 0.2) is 5.83 Å². The summed E-state index contributed by atoms with van der Waals surface area (Å²) in [6, 6.07) is 9.22. The lowest BCUT2D eigenvalue weighted by molar-refractivity contribution is -0.140. The molecule has 1 aromatic carbocycles. The maximum Gasteiger partial charge on any atom is 0.314 e. The van der Waals surface area contributed by atoms with E-state index in [2.05, 4.69) is 6.92 Å². The third kappa shape index (κ3) is 6.48. The number of nitriles is 1. The molecule has 1 aliphatic carbocycles. The van der Waals surface area contributed by atoms with Crippen molar-refractivity contribution in [3.63, 3.8) is 0 Å². The molecule has 0 saturated heterocycles. The van der Waals surface area contributed by atoms with Gasteiger partial charge >= 0.3 is 5.97 Å². The number of esters is 1. The number of allylic oxidation sites excluding steroid dienone is 4. The van der Waals surface area contributed by atoms with Crippen LogP contribution in [0.15, 0.2) is 48.3 Å². The lowest BCUT2D eigenvalue weighted by Crippen LogP contribution is -2.25. The van der Waals surface area contributed by atoms with Crippen LogP contribution in [0, 0.1) is 23.2 Å². The maximum atomic E-state index is 12.7. The van der Waals surface area contributed by atoms with Gasteiger partial charge in [-0.1, -0.05) is 37.6 Å². The molecule has 0 bridgehead atoms. The molecule has 0 radical (unpaired) electrons. The third-order valence-electron chi connectivity index (χ3n) is 4.80. The number of aryl methyl sites for hydroxylation is 1. The zero-order valence-corrected chi connectivity index (χ0v) is 15.3. The van der Waals surface area contributed by atoms with Gasteiger partial charge in [-0.25, -0.2) is 0 Å². The van der Waals surface area contributed by atoms with Crippen LogP contribution in [0.2, 0.25) is 0 Å². The maximum absolute atomic E-state index is 12.7. The van der Waals surface area contributed by atoms with Gasteiger partial charge in [-0.05, 0) is 68.2 Å². The zero-order valence-electron chi connectivity index (χ0n) is 15.3. The van der Waals surface area contributed by atoms with E-state index < -0.39 is 5.83 Å². The molecule has 2 rings (SSSR count). The minimum atomic E-state index is -0.792. The Kier molecular flexibility index (Phi) is 8.08. The number of benzene rings is 1. The van der Waals surface area contributed by atoms with Crippen molar-refractivity contribution in [2.75, 3.05) is 0 Å². The molecule has 26 heavy (non-hydrogen) atoms. The van der Waals surface area contributed by atoms with Crippen LogP contribution in [0.3, 0.4) is 0 Å². The smallest absolute Gasteiger partial charge is 0.314 e. The summed E-state index contributed by atoms with van der Waals surface area (Å²) in [6.07, 6.45) is 11.3. The fraction of sp³-hybridized carbons (Fsp3) is 0.455. The number of carbonyl (C=O) groups is 1. The normalized spacial score (nSPS) is 20.7. The Morgan fingerprint density at radius 3 is 2.58 bits per heavy atom. The largest absolute Gasteiger partial charge is 0.426 e. The molecule has 0 amide bonds. The Morgan fingerprint density at radius 2 is 1.96 bits per heavy atom. The van der Waals surface area contributed by atoms with Crippen LogP contribution in [0.1, 0.15) is 51.0 Å². The summed E-state index contributed by atoms with van der Waals surface area (Å²) >= 11 is 0. The van der Waals surface area contributed by atoms with E-state index in [9.17, 15) is 9.18 Å². The van der Waals surface area contributed by atoms with E-state index in [0.29, 0.717) is 11.7 Å². The van der Waals surface area contributed by atoms with Gasteiger partial charge in [0.05, 0.1) is 5.92 Å². The van der Waals surface area contributed by atoms with E-state index in [1.54, 1.807) is 6.08 Å². The molecule has 3 nitrogen and oxygen atoms in total. The minimum absolute atomic E-state index is 0.0780. The van der Waals surface area contributed by atoms with Crippen LogP contribution in [-0.2, 0) is 11.2 Å². The second-order valence-corrected chi connectivity index (χ2v) is 6.79. The van der Waals surface area contributed by atoms with Gasteiger partial charge in [0.2, 0.25) is 0 Å². The number of halogens is 1. The Hall–Kier alpha value is -2.41. The van der Waals surface area contributed by atoms with Gasteiger partial charge in [0.25, 0.3) is 0 Å². The SMILES string of the molecule is CCCCc1ccc(OC(=O)[C@H]2CC[C@H](C=CC=C(F)C#N)CC2)cc1. The van der Waals surface area contributed by atoms with E-state index >= 15 is 0 Å². The molecule has 1 aliphatic rings. The molecule has 0 aliphatic heterocycles. The highest BCUT2D eigenvalue weighted by Gasteiger charge is 2.26. The summed E-state index contributed by atoms with van der Waals surface area (Å²) in [5.41, 5.74) is 1.26. The molecule has 1 fully saturated rings. The van der Waals surface area contributed by atoms with Gasteiger partial charge in [0.1, 0.15) is 11.8 Å². The first-order valence-electron chi connectivity index (χ1n) is 9.37. The Bertz CT molecular complexity index is 677. The van der Waals surface area contributed by atoms with Crippen LogP contribution >= 0.6 is 0 Å². The number of unbranched alkanes of at least 4 members (excludes halogenated alkanes) is 1.